The zero-order valence-electron chi connectivity index (χ0n) is 11.6. The SMILES string of the molecule is CCc1ccc(C(O)C2C(C)(C)C2(C)C)cc1. The standard InChI is InChI=1S/C16H24O/c1-6-11-7-9-12(10-8-11)13(17)14-15(2,3)16(14,4)5/h7-10,13-14,17H,6H2,1-5H3. The third kappa shape index (κ3) is 1.81. The molecular weight excluding hydrogens is 208 g/mol. The van der Waals surface area contributed by atoms with Crippen molar-refractivity contribution in [2.24, 2.45) is 16.7 Å². The average molecular weight is 232 g/mol. The van der Waals surface area contributed by atoms with Gasteiger partial charge in [0.2, 0.25) is 0 Å². The van der Waals surface area contributed by atoms with Gasteiger partial charge < -0.3 is 5.11 Å². The molecule has 1 saturated carbocycles. The van der Waals surface area contributed by atoms with Crippen molar-refractivity contribution in [2.75, 3.05) is 0 Å². The molecule has 1 aliphatic carbocycles. The van der Waals surface area contributed by atoms with Crippen molar-refractivity contribution in [3.63, 3.8) is 0 Å². The number of rotatable bonds is 3. The molecule has 1 heteroatoms. The van der Waals surface area contributed by atoms with Crippen molar-refractivity contribution >= 4 is 0 Å². The first-order chi connectivity index (χ1) is 7.82. The molecule has 0 heterocycles. The van der Waals surface area contributed by atoms with Crippen molar-refractivity contribution < 1.29 is 5.11 Å². The van der Waals surface area contributed by atoms with Crippen molar-refractivity contribution in [3.05, 3.63) is 35.4 Å². The lowest BCUT2D eigenvalue weighted by Crippen LogP contribution is -2.05. The van der Waals surface area contributed by atoms with E-state index in [0.717, 1.165) is 12.0 Å². The van der Waals surface area contributed by atoms with Crippen LogP contribution >= 0.6 is 0 Å². The molecule has 0 aromatic heterocycles. The van der Waals surface area contributed by atoms with Gasteiger partial charge in [0.15, 0.2) is 0 Å². The van der Waals surface area contributed by atoms with E-state index >= 15 is 0 Å². The Kier molecular flexibility index (Phi) is 2.86. The molecule has 1 nitrogen and oxygen atoms in total. The summed E-state index contributed by atoms with van der Waals surface area (Å²) in [7, 11) is 0. The highest BCUT2D eigenvalue weighted by Crippen LogP contribution is 2.72. The predicted molar refractivity (Wildman–Crippen MR) is 71.8 cm³/mol. The maximum atomic E-state index is 10.5. The first kappa shape index (κ1) is 12.6. The summed E-state index contributed by atoms with van der Waals surface area (Å²) in [5.74, 6) is 0.363. The van der Waals surface area contributed by atoms with Crippen LogP contribution in [0.25, 0.3) is 0 Å². The fourth-order valence-corrected chi connectivity index (χ4v) is 3.18. The Hall–Kier alpha value is -0.820. The van der Waals surface area contributed by atoms with Crippen LogP contribution in [0, 0.1) is 16.7 Å². The molecule has 94 valence electrons. The van der Waals surface area contributed by atoms with Gasteiger partial charge in [0.25, 0.3) is 0 Å². The van der Waals surface area contributed by atoms with Crippen LogP contribution < -0.4 is 0 Å². The summed E-state index contributed by atoms with van der Waals surface area (Å²) >= 11 is 0. The number of hydrogen-bond acceptors (Lipinski definition) is 1. The topological polar surface area (TPSA) is 20.2 Å². The van der Waals surface area contributed by atoms with E-state index in [9.17, 15) is 5.11 Å². The Labute approximate surface area is 105 Å². The summed E-state index contributed by atoms with van der Waals surface area (Å²) in [5.41, 5.74) is 2.85. The summed E-state index contributed by atoms with van der Waals surface area (Å²) in [5, 5.41) is 10.5. The Morgan fingerprint density at radius 1 is 1.06 bits per heavy atom. The molecule has 0 aliphatic heterocycles. The molecule has 0 bridgehead atoms. The summed E-state index contributed by atoms with van der Waals surface area (Å²) in [6, 6.07) is 8.41. The minimum atomic E-state index is -0.328. The monoisotopic (exact) mass is 232 g/mol. The minimum Gasteiger partial charge on any atom is -0.388 e. The summed E-state index contributed by atoms with van der Waals surface area (Å²) in [4.78, 5) is 0. The van der Waals surface area contributed by atoms with E-state index in [1.807, 2.05) is 0 Å². The van der Waals surface area contributed by atoms with E-state index in [4.69, 9.17) is 0 Å². The number of aryl methyl sites for hydroxylation is 1. The molecule has 17 heavy (non-hydrogen) atoms. The number of aliphatic hydroxyl groups is 1. The third-order valence-corrected chi connectivity index (χ3v) is 5.18. The molecule has 0 radical (unpaired) electrons. The lowest BCUT2D eigenvalue weighted by molar-refractivity contribution is 0.130. The van der Waals surface area contributed by atoms with E-state index in [-0.39, 0.29) is 16.9 Å². The van der Waals surface area contributed by atoms with Crippen molar-refractivity contribution in [1.82, 2.24) is 0 Å². The predicted octanol–water partition coefficient (Wildman–Crippen LogP) is 3.96. The second kappa shape index (κ2) is 3.84. The number of benzene rings is 1. The Balaban J connectivity index is 2.19. The largest absolute Gasteiger partial charge is 0.388 e. The maximum absolute atomic E-state index is 10.5. The maximum Gasteiger partial charge on any atom is 0.0828 e. The first-order valence-corrected chi connectivity index (χ1v) is 6.59. The summed E-state index contributed by atoms with van der Waals surface area (Å²) < 4.78 is 0. The molecule has 1 aromatic carbocycles. The van der Waals surface area contributed by atoms with Crippen LogP contribution in [0.1, 0.15) is 51.8 Å². The Bertz CT molecular complexity index is 386. The van der Waals surface area contributed by atoms with Crippen LogP contribution in [0.5, 0.6) is 0 Å². The van der Waals surface area contributed by atoms with Crippen LogP contribution in [0.4, 0.5) is 0 Å². The molecule has 1 fully saturated rings. The van der Waals surface area contributed by atoms with Crippen LogP contribution in [0.15, 0.2) is 24.3 Å². The Morgan fingerprint density at radius 2 is 1.53 bits per heavy atom. The van der Waals surface area contributed by atoms with Crippen LogP contribution in [0.3, 0.4) is 0 Å². The second-order valence-corrected chi connectivity index (χ2v) is 6.46. The zero-order chi connectivity index (χ0) is 12.8. The molecule has 0 amide bonds. The van der Waals surface area contributed by atoms with Gasteiger partial charge in [-0.1, -0.05) is 58.9 Å². The molecule has 0 saturated heterocycles. The van der Waals surface area contributed by atoms with E-state index in [2.05, 4.69) is 58.9 Å². The highest BCUT2D eigenvalue weighted by atomic mass is 16.3. The minimum absolute atomic E-state index is 0.232. The number of hydrogen-bond donors (Lipinski definition) is 1. The molecule has 2 rings (SSSR count). The fourth-order valence-electron chi connectivity index (χ4n) is 3.18. The highest BCUT2D eigenvalue weighted by molar-refractivity contribution is 5.28. The molecular formula is C16H24O. The van der Waals surface area contributed by atoms with E-state index in [1.165, 1.54) is 5.56 Å². The molecule has 0 spiro atoms. The quantitative estimate of drug-likeness (QED) is 0.836. The molecule has 1 aliphatic rings. The third-order valence-electron chi connectivity index (χ3n) is 5.18. The van der Waals surface area contributed by atoms with Crippen molar-refractivity contribution in [1.29, 1.82) is 0 Å². The highest BCUT2D eigenvalue weighted by Gasteiger charge is 2.67. The van der Waals surface area contributed by atoms with Crippen LogP contribution in [-0.4, -0.2) is 5.11 Å². The zero-order valence-corrected chi connectivity index (χ0v) is 11.6. The Morgan fingerprint density at radius 3 is 1.88 bits per heavy atom. The van der Waals surface area contributed by atoms with Crippen LogP contribution in [-0.2, 0) is 6.42 Å². The van der Waals surface area contributed by atoms with Gasteiger partial charge in [0, 0.05) is 5.92 Å². The van der Waals surface area contributed by atoms with Crippen molar-refractivity contribution in [2.45, 2.75) is 47.1 Å². The van der Waals surface area contributed by atoms with Gasteiger partial charge in [-0.05, 0) is 28.4 Å². The van der Waals surface area contributed by atoms with Gasteiger partial charge in [-0.2, -0.15) is 0 Å². The summed E-state index contributed by atoms with van der Waals surface area (Å²) in [6.45, 7) is 11.2. The summed E-state index contributed by atoms with van der Waals surface area (Å²) in [6.07, 6.45) is 0.725. The van der Waals surface area contributed by atoms with Crippen LogP contribution in [0.2, 0.25) is 0 Å². The van der Waals surface area contributed by atoms with E-state index in [1.54, 1.807) is 0 Å². The lowest BCUT2D eigenvalue weighted by Gasteiger charge is -2.13. The lowest BCUT2D eigenvalue weighted by atomic mass is 9.98. The number of aliphatic hydroxyl groups excluding tert-OH is 1. The van der Waals surface area contributed by atoms with Gasteiger partial charge in [0.05, 0.1) is 6.10 Å². The fraction of sp³-hybridized carbons (Fsp3) is 0.625. The van der Waals surface area contributed by atoms with Gasteiger partial charge in [-0.3, -0.25) is 0 Å². The molecule has 1 aromatic rings. The van der Waals surface area contributed by atoms with E-state index < -0.39 is 0 Å². The smallest absolute Gasteiger partial charge is 0.0828 e. The normalized spacial score (nSPS) is 23.4. The van der Waals surface area contributed by atoms with Gasteiger partial charge in [-0.25, -0.2) is 0 Å². The second-order valence-electron chi connectivity index (χ2n) is 6.46. The molecule has 1 unspecified atom stereocenters. The van der Waals surface area contributed by atoms with Gasteiger partial charge in [-0.15, -0.1) is 0 Å². The first-order valence-electron chi connectivity index (χ1n) is 6.59. The van der Waals surface area contributed by atoms with Gasteiger partial charge in [0.1, 0.15) is 0 Å². The average Bonchev–Trinajstić information content (AvgIpc) is 2.69. The molecule has 1 N–H and O–H groups in total. The van der Waals surface area contributed by atoms with Gasteiger partial charge >= 0.3 is 0 Å². The van der Waals surface area contributed by atoms with Crippen molar-refractivity contribution in [3.8, 4) is 0 Å². The molecule has 1 atom stereocenters. The van der Waals surface area contributed by atoms with E-state index in [0.29, 0.717) is 5.92 Å².